The summed E-state index contributed by atoms with van der Waals surface area (Å²) in [6, 6.07) is 8.21. The molecule has 2 bridgehead atoms. The summed E-state index contributed by atoms with van der Waals surface area (Å²) in [6.45, 7) is -3.02. The maximum Gasteiger partial charge on any atom is 0.387 e. The third-order valence-electron chi connectivity index (χ3n) is 8.34. The van der Waals surface area contributed by atoms with Crippen molar-refractivity contribution in [1.82, 2.24) is 24.5 Å². The van der Waals surface area contributed by atoms with Gasteiger partial charge in [0.25, 0.3) is 5.91 Å². The Morgan fingerprint density at radius 3 is 2.67 bits per heavy atom. The number of benzene rings is 1. The molecule has 9 nitrogen and oxygen atoms in total. The van der Waals surface area contributed by atoms with Gasteiger partial charge < -0.3 is 19.8 Å². The lowest BCUT2D eigenvalue weighted by atomic mass is 9.88. The minimum atomic E-state index is -3.02. The summed E-state index contributed by atoms with van der Waals surface area (Å²) in [4.78, 5) is 23.7. The van der Waals surface area contributed by atoms with Crippen LogP contribution in [-0.2, 0) is 5.60 Å². The van der Waals surface area contributed by atoms with E-state index in [0.29, 0.717) is 30.4 Å². The second kappa shape index (κ2) is 8.52. The van der Waals surface area contributed by atoms with E-state index in [1.54, 1.807) is 41.0 Å². The number of aliphatic hydroxyl groups excluding tert-OH is 1. The molecular weight excluding hydrogens is 508 g/mol. The van der Waals surface area contributed by atoms with Crippen molar-refractivity contribution in [2.24, 2.45) is 0 Å². The summed E-state index contributed by atoms with van der Waals surface area (Å²) in [5.74, 6) is -0.334. The summed E-state index contributed by atoms with van der Waals surface area (Å²) in [6.07, 6.45) is 6.16. The molecule has 0 saturated heterocycles. The number of halogens is 2. The molecule has 4 atom stereocenters. The number of alkyl halides is 2. The number of fused-ring (bicyclic) bond motifs is 9. The molecule has 200 valence electrons. The van der Waals surface area contributed by atoms with E-state index >= 15 is 0 Å². The first-order valence-corrected chi connectivity index (χ1v) is 12.8. The zero-order chi connectivity index (χ0) is 27.1. The Hall–Kier alpha value is -3.96. The number of amides is 1. The smallest absolute Gasteiger partial charge is 0.387 e. The molecular formula is C28H25F2N5O4. The summed E-state index contributed by atoms with van der Waals surface area (Å²) >= 11 is 0. The van der Waals surface area contributed by atoms with Gasteiger partial charge in [0.15, 0.2) is 5.82 Å². The van der Waals surface area contributed by atoms with Gasteiger partial charge >= 0.3 is 6.61 Å². The van der Waals surface area contributed by atoms with Gasteiger partial charge in [0, 0.05) is 60.2 Å². The fourth-order valence-electron chi connectivity index (χ4n) is 6.46. The number of ether oxygens (including phenoxy) is 1. The predicted molar refractivity (Wildman–Crippen MR) is 134 cm³/mol. The number of hydrogen-bond acceptors (Lipinski definition) is 7. The first-order chi connectivity index (χ1) is 18.7. The number of carbonyl (C=O) groups excluding carboxylic acids is 1. The Labute approximate surface area is 221 Å². The molecule has 0 unspecified atom stereocenters. The molecule has 1 fully saturated rings. The lowest BCUT2D eigenvalue weighted by molar-refractivity contribution is -0.0505. The third kappa shape index (κ3) is 3.64. The zero-order valence-electron chi connectivity index (χ0n) is 21.0. The molecule has 39 heavy (non-hydrogen) atoms. The van der Waals surface area contributed by atoms with E-state index in [2.05, 4.69) is 9.97 Å². The lowest BCUT2D eigenvalue weighted by Crippen LogP contribution is -2.30. The van der Waals surface area contributed by atoms with Crippen molar-refractivity contribution in [3.05, 3.63) is 77.1 Å². The highest BCUT2D eigenvalue weighted by atomic mass is 19.3. The van der Waals surface area contributed by atoms with Gasteiger partial charge in [-0.1, -0.05) is 6.07 Å². The Kier molecular flexibility index (Phi) is 5.27. The number of pyridine rings is 1. The van der Waals surface area contributed by atoms with E-state index in [9.17, 15) is 23.8 Å². The monoisotopic (exact) mass is 533 g/mol. The van der Waals surface area contributed by atoms with Crippen LogP contribution in [0.2, 0.25) is 0 Å². The summed E-state index contributed by atoms with van der Waals surface area (Å²) < 4.78 is 33.3. The van der Waals surface area contributed by atoms with Crippen LogP contribution in [0.3, 0.4) is 0 Å². The van der Waals surface area contributed by atoms with E-state index in [4.69, 9.17) is 9.84 Å². The second-order valence-corrected chi connectivity index (χ2v) is 10.6. The normalized spacial score (nSPS) is 25.7. The minimum Gasteiger partial charge on any atom is -0.434 e. The van der Waals surface area contributed by atoms with Gasteiger partial charge in [-0.25, -0.2) is 14.5 Å². The molecule has 4 heterocycles. The van der Waals surface area contributed by atoms with Crippen molar-refractivity contribution in [2.45, 2.75) is 56.0 Å². The van der Waals surface area contributed by atoms with Gasteiger partial charge in [0.1, 0.15) is 11.4 Å². The van der Waals surface area contributed by atoms with E-state index in [0.717, 1.165) is 27.9 Å². The molecule has 2 N–H and O–H groups in total. The maximum absolute atomic E-state index is 13.3. The summed E-state index contributed by atoms with van der Waals surface area (Å²) in [5, 5.41) is 25.5. The Balaban J connectivity index is 1.33. The number of nitrogens with zero attached hydrogens (tertiary/aromatic N) is 5. The van der Waals surface area contributed by atoms with Crippen LogP contribution in [0.1, 0.15) is 70.6 Å². The fourth-order valence-corrected chi connectivity index (χ4v) is 6.46. The fraction of sp³-hybridized carbons (Fsp3) is 0.357. The molecule has 1 aliphatic heterocycles. The van der Waals surface area contributed by atoms with Crippen molar-refractivity contribution in [1.29, 1.82) is 0 Å². The van der Waals surface area contributed by atoms with E-state index in [1.807, 2.05) is 18.3 Å². The number of aromatic nitrogens is 4. The van der Waals surface area contributed by atoms with Crippen molar-refractivity contribution in [3.63, 3.8) is 0 Å². The molecule has 3 aliphatic rings. The molecule has 7 rings (SSSR count). The van der Waals surface area contributed by atoms with Crippen molar-refractivity contribution in [2.75, 3.05) is 7.05 Å². The van der Waals surface area contributed by atoms with Crippen LogP contribution in [0.15, 0.2) is 48.9 Å². The van der Waals surface area contributed by atoms with Crippen LogP contribution >= 0.6 is 0 Å². The van der Waals surface area contributed by atoms with Crippen molar-refractivity contribution in [3.8, 4) is 16.9 Å². The molecule has 2 aliphatic carbocycles. The van der Waals surface area contributed by atoms with Crippen molar-refractivity contribution >= 4 is 11.4 Å². The van der Waals surface area contributed by atoms with Gasteiger partial charge in [0.05, 0.1) is 23.4 Å². The Bertz CT molecular complexity index is 1620. The molecule has 0 spiro atoms. The molecule has 4 aromatic rings. The van der Waals surface area contributed by atoms with Gasteiger partial charge in [-0.05, 0) is 49.1 Å². The molecule has 1 saturated carbocycles. The SMILES string of the molecule is CN1C(=O)c2cccc(OC(F)F)c2[C@H]2C[C@@H]1c1nn3ccc(-c4cnc([C@]5(O)CC[C@@H](O)C5)nc4)cc3c12. The number of rotatable bonds is 4. The number of aliphatic hydroxyl groups is 2. The van der Waals surface area contributed by atoms with Gasteiger partial charge in [0.2, 0.25) is 0 Å². The number of hydrogen-bond donors (Lipinski definition) is 2. The first kappa shape index (κ1) is 24.1. The largest absolute Gasteiger partial charge is 0.434 e. The molecule has 1 aromatic carbocycles. The summed E-state index contributed by atoms with van der Waals surface area (Å²) in [5.41, 5.74) is 3.51. The molecule has 3 aromatic heterocycles. The topological polar surface area (TPSA) is 113 Å². The average molecular weight is 534 g/mol. The van der Waals surface area contributed by atoms with Crippen LogP contribution in [0.5, 0.6) is 5.75 Å². The molecule has 0 radical (unpaired) electrons. The quantitative estimate of drug-likeness (QED) is 0.411. The van der Waals surface area contributed by atoms with Gasteiger partial charge in [-0.15, -0.1) is 0 Å². The van der Waals surface area contributed by atoms with Crippen LogP contribution in [0.4, 0.5) is 8.78 Å². The predicted octanol–water partition coefficient (Wildman–Crippen LogP) is 3.79. The number of carbonyl (C=O) groups is 1. The highest BCUT2D eigenvalue weighted by Crippen LogP contribution is 2.53. The van der Waals surface area contributed by atoms with E-state index in [-0.39, 0.29) is 35.9 Å². The molecule has 1 amide bonds. The van der Waals surface area contributed by atoms with E-state index in [1.165, 1.54) is 6.07 Å². The van der Waals surface area contributed by atoms with Crippen LogP contribution in [-0.4, -0.2) is 60.4 Å². The summed E-state index contributed by atoms with van der Waals surface area (Å²) in [7, 11) is 1.71. The second-order valence-electron chi connectivity index (χ2n) is 10.6. The van der Waals surface area contributed by atoms with Crippen LogP contribution in [0, 0.1) is 0 Å². The van der Waals surface area contributed by atoms with Crippen LogP contribution in [0.25, 0.3) is 16.6 Å². The molecule has 11 heteroatoms. The van der Waals surface area contributed by atoms with Gasteiger partial charge in [-0.3, -0.25) is 4.79 Å². The Morgan fingerprint density at radius 1 is 1.15 bits per heavy atom. The highest BCUT2D eigenvalue weighted by Gasteiger charge is 2.46. The maximum atomic E-state index is 13.3. The third-order valence-corrected chi connectivity index (χ3v) is 8.34. The van der Waals surface area contributed by atoms with Crippen LogP contribution < -0.4 is 4.74 Å². The minimum absolute atomic E-state index is 0.00259. The van der Waals surface area contributed by atoms with Gasteiger partial charge in [-0.2, -0.15) is 13.9 Å². The first-order valence-electron chi connectivity index (χ1n) is 12.8. The average Bonchev–Trinajstić information content (AvgIpc) is 3.57. The highest BCUT2D eigenvalue weighted by molar-refractivity contribution is 5.98. The lowest BCUT2D eigenvalue weighted by Gasteiger charge is -2.23. The standard InChI is InChI=1S/C28H25F2N5O4/c1-34-20-10-18(22-17(25(34)37)3-2-4-21(22)39-27(29)30)23-19-9-14(6-8-35(19)33-24(20)23)15-12-31-26(32-13-15)28(38)7-5-16(36)11-28/h2-4,6,8-9,12-13,16,18,20,27,36,38H,5,7,10-11H2,1H3/t16-,18-,20-,28+/m1/s1. The zero-order valence-corrected chi connectivity index (χ0v) is 21.0. The Morgan fingerprint density at radius 2 is 1.95 bits per heavy atom. The van der Waals surface area contributed by atoms with Crippen molar-refractivity contribution < 1.29 is 28.5 Å². The van der Waals surface area contributed by atoms with E-state index < -0.39 is 18.3 Å².